The van der Waals surface area contributed by atoms with E-state index in [-0.39, 0.29) is 27.5 Å². The number of sulfonamides is 1. The Kier molecular flexibility index (Phi) is 6.05. The van der Waals surface area contributed by atoms with E-state index in [0.29, 0.717) is 16.3 Å². The number of fused-ring (bicyclic) bond motifs is 3. The molecule has 14 heteroatoms. The Labute approximate surface area is 200 Å². The number of amides is 1. The highest BCUT2D eigenvalue weighted by Gasteiger charge is 2.33. The molecule has 2 aromatic heterocycles. The molecule has 0 saturated carbocycles. The molecule has 1 amide bonds. The van der Waals surface area contributed by atoms with Crippen molar-refractivity contribution in [3.63, 3.8) is 0 Å². The largest absolute Gasteiger partial charge is 0.417 e. The SMILES string of the molecule is N#Cc1cc2c([nH]c3ccc(S(=O)(=O)NCc4ccc(Cl)c(C(F)(F)F)c4)cc32)c(OC(N)=O)n1. The first-order chi connectivity index (χ1) is 16.4. The summed E-state index contributed by atoms with van der Waals surface area (Å²) in [5.74, 6) is -0.256. The van der Waals surface area contributed by atoms with Crippen LogP contribution < -0.4 is 15.2 Å². The van der Waals surface area contributed by atoms with Crippen LogP contribution in [0.4, 0.5) is 18.0 Å². The van der Waals surface area contributed by atoms with Gasteiger partial charge in [-0.1, -0.05) is 17.7 Å². The summed E-state index contributed by atoms with van der Waals surface area (Å²) in [5, 5.41) is 9.44. The van der Waals surface area contributed by atoms with Gasteiger partial charge >= 0.3 is 12.3 Å². The molecule has 9 nitrogen and oxygen atoms in total. The number of benzene rings is 2. The fourth-order valence-electron chi connectivity index (χ4n) is 3.40. The molecule has 2 aromatic carbocycles. The minimum absolute atomic E-state index is 0.0523. The van der Waals surface area contributed by atoms with Crippen molar-refractivity contribution >= 4 is 49.5 Å². The van der Waals surface area contributed by atoms with E-state index in [1.54, 1.807) is 0 Å². The van der Waals surface area contributed by atoms with Crippen molar-refractivity contribution in [1.82, 2.24) is 14.7 Å². The lowest BCUT2D eigenvalue weighted by Gasteiger charge is -2.12. The highest BCUT2D eigenvalue weighted by Crippen LogP contribution is 2.35. The molecule has 0 fully saturated rings. The van der Waals surface area contributed by atoms with Gasteiger partial charge in [-0.15, -0.1) is 0 Å². The van der Waals surface area contributed by atoms with Crippen LogP contribution in [0.1, 0.15) is 16.8 Å². The normalized spacial score (nSPS) is 12.1. The number of carbonyl (C=O) groups is 1. The second-order valence-electron chi connectivity index (χ2n) is 7.24. The summed E-state index contributed by atoms with van der Waals surface area (Å²) in [4.78, 5) is 17.8. The number of aromatic amines is 1. The van der Waals surface area contributed by atoms with Crippen LogP contribution in [-0.4, -0.2) is 24.5 Å². The minimum atomic E-state index is -4.69. The molecule has 0 radical (unpaired) electrons. The van der Waals surface area contributed by atoms with Crippen LogP contribution >= 0.6 is 11.6 Å². The number of nitriles is 1. The highest BCUT2D eigenvalue weighted by molar-refractivity contribution is 7.89. The Morgan fingerprint density at radius 1 is 1.20 bits per heavy atom. The lowest BCUT2D eigenvalue weighted by atomic mass is 10.1. The molecule has 4 N–H and O–H groups in total. The van der Waals surface area contributed by atoms with E-state index in [4.69, 9.17) is 22.1 Å². The van der Waals surface area contributed by atoms with E-state index in [1.165, 1.54) is 30.3 Å². The number of alkyl halides is 3. The molecule has 0 aliphatic heterocycles. The number of primary amides is 1. The molecule has 0 aliphatic carbocycles. The fraction of sp³-hybridized carbons (Fsp3) is 0.0952. The summed E-state index contributed by atoms with van der Waals surface area (Å²) in [6.07, 6.45) is -5.85. The first-order valence-electron chi connectivity index (χ1n) is 9.58. The maximum absolute atomic E-state index is 13.1. The number of rotatable bonds is 5. The maximum Gasteiger partial charge on any atom is 0.417 e. The third kappa shape index (κ3) is 4.85. The zero-order valence-corrected chi connectivity index (χ0v) is 18.8. The predicted molar refractivity (Wildman–Crippen MR) is 119 cm³/mol. The number of H-pyrrole nitrogens is 1. The van der Waals surface area contributed by atoms with Crippen LogP contribution in [0.5, 0.6) is 5.88 Å². The van der Waals surface area contributed by atoms with Crippen molar-refractivity contribution in [2.75, 3.05) is 0 Å². The third-order valence-electron chi connectivity index (χ3n) is 4.95. The predicted octanol–water partition coefficient (Wildman–Crippen LogP) is 4.20. The smallest absolute Gasteiger partial charge is 0.389 e. The molecule has 0 aliphatic rings. The summed E-state index contributed by atoms with van der Waals surface area (Å²) >= 11 is 5.60. The summed E-state index contributed by atoms with van der Waals surface area (Å²) in [7, 11) is -4.16. The fourth-order valence-corrected chi connectivity index (χ4v) is 4.67. The van der Waals surface area contributed by atoms with Gasteiger partial charge < -0.3 is 15.5 Å². The van der Waals surface area contributed by atoms with Crippen molar-refractivity contribution in [2.45, 2.75) is 17.6 Å². The van der Waals surface area contributed by atoms with Gasteiger partial charge in [0.1, 0.15) is 17.3 Å². The zero-order chi connectivity index (χ0) is 25.5. The highest BCUT2D eigenvalue weighted by atomic mass is 35.5. The molecule has 0 atom stereocenters. The molecule has 0 unspecified atom stereocenters. The van der Waals surface area contributed by atoms with Crippen molar-refractivity contribution in [1.29, 1.82) is 5.26 Å². The number of nitrogens with two attached hydrogens (primary N) is 1. The minimum Gasteiger partial charge on any atom is -0.389 e. The molecule has 180 valence electrons. The van der Waals surface area contributed by atoms with Crippen LogP contribution in [0.15, 0.2) is 47.4 Å². The van der Waals surface area contributed by atoms with Crippen LogP contribution in [0, 0.1) is 11.3 Å². The Balaban J connectivity index is 1.71. The van der Waals surface area contributed by atoms with E-state index < -0.39 is 39.4 Å². The van der Waals surface area contributed by atoms with E-state index in [9.17, 15) is 31.6 Å². The van der Waals surface area contributed by atoms with Gasteiger partial charge in [-0.3, -0.25) is 0 Å². The molecule has 0 bridgehead atoms. The van der Waals surface area contributed by atoms with Gasteiger partial charge in [-0.2, -0.15) is 18.4 Å². The van der Waals surface area contributed by atoms with Gasteiger partial charge in [-0.05, 0) is 42.0 Å². The Bertz CT molecular complexity index is 1650. The molecular formula is C21H13ClF3N5O4S. The number of hydrogen-bond donors (Lipinski definition) is 3. The molecule has 0 spiro atoms. The average molecular weight is 524 g/mol. The number of nitrogens with one attached hydrogen (secondary N) is 2. The first kappa shape index (κ1) is 24.3. The molecule has 0 saturated heterocycles. The van der Waals surface area contributed by atoms with Crippen LogP contribution in [0.25, 0.3) is 21.8 Å². The molecule has 4 rings (SSSR count). The lowest BCUT2D eigenvalue weighted by Crippen LogP contribution is -2.23. The maximum atomic E-state index is 13.1. The monoisotopic (exact) mass is 523 g/mol. The quantitative estimate of drug-likeness (QED) is 0.356. The van der Waals surface area contributed by atoms with Gasteiger partial charge in [0.15, 0.2) is 0 Å². The van der Waals surface area contributed by atoms with Crippen LogP contribution in [-0.2, 0) is 22.7 Å². The molecular weight excluding hydrogens is 511 g/mol. The van der Waals surface area contributed by atoms with Gasteiger partial charge in [0, 0.05) is 22.8 Å². The zero-order valence-electron chi connectivity index (χ0n) is 17.3. The molecule has 4 aromatic rings. The average Bonchev–Trinajstić information content (AvgIpc) is 3.15. The van der Waals surface area contributed by atoms with Gasteiger partial charge in [0.05, 0.1) is 15.5 Å². The molecule has 2 heterocycles. The third-order valence-corrected chi connectivity index (χ3v) is 6.68. The second-order valence-corrected chi connectivity index (χ2v) is 9.41. The van der Waals surface area contributed by atoms with Crippen molar-refractivity contribution < 1.29 is 31.1 Å². The van der Waals surface area contributed by atoms with E-state index in [1.807, 2.05) is 6.07 Å². The standard InChI is InChI=1S/C21H13ClF3N5O4S/c22-16-3-1-10(5-15(16)21(23,24)25)9-28-35(32,33)12-2-4-17-13(7-12)14-6-11(8-26)29-19(18(14)30-17)34-20(27)31/h1-7,28,30H,9H2,(H2,27,31). The summed E-state index contributed by atoms with van der Waals surface area (Å²) < 4.78 is 72.1. The number of pyridine rings is 1. The Morgan fingerprint density at radius 3 is 2.60 bits per heavy atom. The van der Waals surface area contributed by atoms with E-state index in [0.717, 1.165) is 12.1 Å². The van der Waals surface area contributed by atoms with Gasteiger partial charge in [0.25, 0.3) is 0 Å². The van der Waals surface area contributed by atoms with Crippen LogP contribution in [0.2, 0.25) is 5.02 Å². The first-order valence-corrected chi connectivity index (χ1v) is 11.4. The lowest BCUT2D eigenvalue weighted by molar-refractivity contribution is -0.137. The summed E-state index contributed by atoms with van der Waals surface area (Å²) in [6, 6.07) is 10.3. The number of halogens is 4. The van der Waals surface area contributed by atoms with Crippen molar-refractivity contribution in [3.8, 4) is 11.9 Å². The Morgan fingerprint density at radius 2 is 1.94 bits per heavy atom. The number of nitrogens with zero attached hydrogens (tertiary/aromatic N) is 2. The van der Waals surface area contributed by atoms with Gasteiger partial charge in [0.2, 0.25) is 15.9 Å². The van der Waals surface area contributed by atoms with Crippen molar-refractivity contribution in [3.05, 3.63) is 64.3 Å². The summed E-state index contributed by atoms with van der Waals surface area (Å²) in [5.41, 5.74) is 4.57. The molecule has 35 heavy (non-hydrogen) atoms. The van der Waals surface area contributed by atoms with E-state index >= 15 is 0 Å². The van der Waals surface area contributed by atoms with E-state index in [2.05, 4.69) is 14.7 Å². The number of ether oxygens (including phenoxy) is 1. The number of hydrogen-bond acceptors (Lipinski definition) is 6. The Hall–Kier alpha value is -3.86. The van der Waals surface area contributed by atoms with Crippen LogP contribution in [0.3, 0.4) is 0 Å². The second kappa shape index (κ2) is 8.73. The van der Waals surface area contributed by atoms with Gasteiger partial charge in [-0.25, -0.2) is 22.9 Å². The summed E-state index contributed by atoms with van der Waals surface area (Å²) in [6.45, 7) is -0.423. The van der Waals surface area contributed by atoms with Crippen molar-refractivity contribution in [2.24, 2.45) is 5.73 Å². The topological polar surface area (TPSA) is 151 Å². The number of carbonyl (C=O) groups excluding carboxylic acids is 1. The number of aromatic nitrogens is 2.